The predicted octanol–water partition coefficient (Wildman–Crippen LogP) is 1.51. The fourth-order valence-corrected chi connectivity index (χ4v) is 1.24. The highest BCUT2D eigenvalue weighted by atomic mass is 16.5. The van der Waals surface area contributed by atoms with Gasteiger partial charge in [0, 0.05) is 6.92 Å². The lowest BCUT2D eigenvalue weighted by molar-refractivity contribution is -0.131. The zero-order chi connectivity index (χ0) is 12.3. The molecule has 0 radical (unpaired) electrons. The molecule has 16 heavy (non-hydrogen) atoms. The zero-order valence-electron chi connectivity index (χ0n) is 8.81. The Morgan fingerprint density at radius 1 is 1.12 bits per heavy atom. The van der Waals surface area contributed by atoms with Crippen molar-refractivity contribution in [1.82, 2.24) is 0 Å². The Labute approximate surface area is 91.6 Å². The van der Waals surface area contributed by atoms with Crippen molar-refractivity contribution in [1.29, 1.82) is 0 Å². The van der Waals surface area contributed by atoms with Crippen molar-refractivity contribution in [3.05, 3.63) is 29.3 Å². The Balaban J connectivity index is 3.40. The van der Waals surface area contributed by atoms with Gasteiger partial charge in [0.1, 0.15) is 5.56 Å². The van der Waals surface area contributed by atoms with Gasteiger partial charge in [-0.25, -0.2) is 4.79 Å². The summed E-state index contributed by atoms with van der Waals surface area (Å²) in [5, 5.41) is 8.88. The summed E-state index contributed by atoms with van der Waals surface area (Å²) in [4.78, 5) is 33.0. The highest BCUT2D eigenvalue weighted by molar-refractivity contribution is 6.02. The maximum Gasteiger partial charge on any atom is 0.339 e. The molecule has 1 N–H and O–H groups in total. The summed E-state index contributed by atoms with van der Waals surface area (Å²) in [7, 11) is 0. The average Bonchev–Trinajstić information content (AvgIpc) is 2.16. The molecule has 0 fully saturated rings. The molecule has 1 aromatic rings. The predicted molar refractivity (Wildman–Crippen MR) is 54.7 cm³/mol. The van der Waals surface area contributed by atoms with Crippen molar-refractivity contribution < 1.29 is 24.2 Å². The second kappa shape index (κ2) is 4.57. The van der Waals surface area contributed by atoms with Gasteiger partial charge in [-0.1, -0.05) is 6.07 Å². The molecule has 0 spiro atoms. The Bertz CT molecular complexity index is 429. The van der Waals surface area contributed by atoms with E-state index in [0.717, 1.165) is 6.92 Å². The first-order valence-electron chi connectivity index (χ1n) is 4.49. The number of rotatable bonds is 3. The lowest BCUT2D eigenvalue weighted by Crippen LogP contribution is -2.11. The van der Waals surface area contributed by atoms with Gasteiger partial charge in [-0.15, -0.1) is 0 Å². The van der Waals surface area contributed by atoms with Crippen LogP contribution in [0.25, 0.3) is 0 Å². The van der Waals surface area contributed by atoms with Gasteiger partial charge in [0.15, 0.2) is 11.5 Å². The van der Waals surface area contributed by atoms with E-state index >= 15 is 0 Å². The molecule has 0 aliphatic rings. The monoisotopic (exact) mass is 222 g/mol. The van der Waals surface area contributed by atoms with Crippen LogP contribution in [0.5, 0.6) is 5.75 Å². The van der Waals surface area contributed by atoms with Crippen LogP contribution in [0.3, 0.4) is 0 Å². The fourth-order valence-electron chi connectivity index (χ4n) is 1.24. The number of ether oxygens (including phenoxy) is 1. The van der Waals surface area contributed by atoms with Crippen molar-refractivity contribution in [2.24, 2.45) is 0 Å². The van der Waals surface area contributed by atoms with E-state index in [0.29, 0.717) is 0 Å². The number of esters is 1. The summed E-state index contributed by atoms with van der Waals surface area (Å²) in [6.45, 7) is 2.41. The van der Waals surface area contributed by atoms with Gasteiger partial charge in [-0.3, -0.25) is 9.59 Å². The Kier molecular flexibility index (Phi) is 3.40. The van der Waals surface area contributed by atoms with Gasteiger partial charge in [-0.05, 0) is 19.1 Å². The highest BCUT2D eigenvalue weighted by Crippen LogP contribution is 2.24. The van der Waals surface area contributed by atoms with E-state index in [1.807, 2.05) is 0 Å². The van der Waals surface area contributed by atoms with Crippen LogP contribution >= 0.6 is 0 Å². The normalized spacial score (nSPS) is 9.62. The van der Waals surface area contributed by atoms with Crippen LogP contribution in [0.2, 0.25) is 0 Å². The minimum Gasteiger partial charge on any atom is -0.478 e. The minimum absolute atomic E-state index is 0.0788. The van der Waals surface area contributed by atoms with Gasteiger partial charge in [-0.2, -0.15) is 0 Å². The van der Waals surface area contributed by atoms with Gasteiger partial charge in [0.25, 0.3) is 0 Å². The minimum atomic E-state index is -1.25. The van der Waals surface area contributed by atoms with Crippen molar-refractivity contribution in [3.8, 4) is 5.75 Å². The molecular formula is C11H10O5. The zero-order valence-corrected chi connectivity index (χ0v) is 8.81. The molecule has 0 aliphatic heterocycles. The third-order valence-corrected chi connectivity index (χ3v) is 1.87. The standard InChI is InChI=1S/C11H10O5/c1-6(12)8-4-3-5-9(11(14)15)10(8)16-7(2)13/h3-5H,1-2H3,(H,14,15). The first-order valence-corrected chi connectivity index (χ1v) is 4.49. The number of carbonyl (C=O) groups is 3. The van der Waals surface area contributed by atoms with Crippen LogP contribution < -0.4 is 4.74 Å². The maximum atomic E-state index is 11.2. The van der Waals surface area contributed by atoms with Crippen LogP contribution in [0.15, 0.2) is 18.2 Å². The topological polar surface area (TPSA) is 80.7 Å². The fraction of sp³-hybridized carbons (Fsp3) is 0.182. The third kappa shape index (κ3) is 2.44. The van der Waals surface area contributed by atoms with E-state index in [9.17, 15) is 14.4 Å². The third-order valence-electron chi connectivity index (χ3n) is 1.87. The molecule has 0 saturated heterocycles. The smallest absolute Gasteiger partial charge is 0.339 e. The molecule has 0 atom stereocenters. The molecule has 1 rings (SSSR count). The van der Waals surface area contributed by atoms with Gasteiger partial charge in [0.2, 0.25) is 0 Å². The van der Waals surface area contributed by atoms with Crippen molar-refractivity contribution >= 4 is 17.7 Å². The first-order chi connectivity index (χ1) is 7.43. The van der Waals surface area contributed by atoms with Gasteiger partial charge >= 0.3 is 11.9 Å². The van der Waals surface area contributed by atoms with E-state index in [1.54, 1.807) is 0 Å². The van der Waals surface area contributed by atoms with E-state index in [2.05, 4.69) is 0 Å². The molecule has 0 aromatic heterocycles. The second-order valence-electron chi connectivity index (χ2n) is 3.14. The lowest BCUT2D eigenvalue weighted by atomic mass is 10.1. The Hall–Kier alpha value is -2.17. The van der Waals surface area contributed by atoms with E-state index in [1.165, 1.54) is 25.1 Å². The summed E-state index contributed by atoms with van der Waals surface area (Å²) in [6, 6.07) is 4.10. The lowest BCUT2D eigenvalue weighted by Gasteiger charge is -2.09. The van der Waals surface area contributed by atoms with Gasteiger partial charge in [0.05, 0.1) is 5.56 Å². The Morgan fingerprint density at radius 3 is 2.12 bits per heavy atom. The Morgan fingerprint density at radius 2 is 1.69 bits per heavy atom. The molecule has 0 unspecified atom stereocenters. The molecule has 84 valence electrons. The quantitative estimate of drug-likeness (QED) is 0.476. The SMILES string of the molecule is CC(=O)Oc1c(C(C)=O)cccc1C(=O)O. The number of hydrogen-bond acceptors (Lipinski definition) is 4. The van der Waals surface area contributed by atoms with Crippen LogP contribution in [0.1, 0.15) is 34.6 Å². The number of hydrogen-bond donors (Lipinski definition) is 1. The average molecular weight is 222 g/mol. The molecular weight excluding hydrogens is 212 g/mol. The first kappa shape index (κ1) is 11.9. The number of aromatic carboxylic acids is 1. The van der Waals surface area contributed by atoms with Crippen LogP contribution in [0, 0.1) is 0 Å². The summed E-state index contributed by atoms with van der Waals surface area (Å²) in [6.07, 6.45) is 0. The number of benzene rings is 1. The number of carboxylic acids is 1. The number of para-hydroxylation sites is 1. The highest BCUT2D eigenvalue weighted by Gasteiger charge is 2.19. The molecule has 1 aromatic carbocycles. The van der Waals surface area contributed by atoms with Crippen LogP contribution in [-0.4, -0.2) is 22.8 Å². The number of carboxylic acid groups (broad SMARTS) is 1. The number of ketones is 1. The molecule has 5 nitrogen and oxygen atoms in total. The van der Waals surface area contributed by atoms with Crippen molar-refractivity contribution in [2.75, 3.05) is 0 Å². The van der Waals surface area contributed by atoms with E-state index < -0.39 is 11.9 Å². The summed E-state index contributed by atoms with van der Waals surface area (Å²) in [5.74, 6) is -2.48. The van der Waals surface area contributed by atoms with E-state index in [-0.39, 0.29) is 22.7 Å². The molecule has 0 heterocycles. The van der Waals surface area contributed by atoms with Crippen molar-refractivity contribution in [3.63, 3.8) is 0 Å². The van der Waals surface area contributed by atoms with Crippen molar-refractivity contribution in [2.45, 2.75) is 13.8 Å². The number of Topliss-reactive ketones (excluding diaryl/α,β-unsaturated/α-hetero) is 1. The summed E-state index contributed by atoms with van der Waals surface area (Å²) in [5.41, 5.74) is -0.127. The second-order valence-corrected chi connectivity index (χ2v) is 3.14. The summed E-state index contributed by atoms with van der Waals surface area (Å²) < 4.78 is 4.76. The summed E-state index contributed by atoms with van der Waals surface area (Å²) >= 11 is 0. The number of carbonyl (C=O) groups excluding carboxylic acids is 2. The largest absolute Gasteiger partial charge is 0.478 e. The molecule has 0 amide bonds. The van der Waals surface area contributed by atoms with E-state index in [4.69, 9.17) is 9.84 Å². The molecule has 0 bridgehead atoms. The van der Waals surface area contributed by atoms with Gasteiger partial charge < -0.3 is 9.84 Å². The molecule has 0 aliphatic carbocycles. The van der Waals surface area contributed by atoms with Crippen LogP contribution in [-0.2, 0) is 4.79 Å². The molecule has 0 saturated carbocycles. The maximum absolute atomic E-state index is 11.2. The van der Waals surface area contributed by atoms with Crippen LogP contribution in [0.4, 0.5) is 0 Å². The molecule has 5 heteroatoms.